The van der Waals surface area contributed by atoms with Crippen molar-refractivity contribution in [2.24, 2.45) is 7.05 Å². The van der Waals surface area contributed by atoms with Gasteiger partial charge in [-0.3, -0.25) is 4.68 Å². The molecule has 7 rings (SSSR count). The Labute approximate surface area is 270 Å². The lowest BCUT2D eigenvalue weighted by molar-refractivity contribution is 0.313. The standard InChI is InChI=1S/C33H41N10O2P/c1-40-11-13-43(14-12-40)27-18-28(44-4)25(17-23(27)21-19-35-42(3)20-21)37-33-38-31-22(9-10-34-31)32(39-33)36-24-7-8-26-29(30(24)46(5)6)45-16-15-41(26)2/h7-10,17-20H,11-16H2,1-6H3,(H3,34,36,37,38,39). The van der Waals surface area contributed by atoms with E-state index >= 15 is 0 Å². The predicted octanol–water partition coefficient (Wildman–Crippen LogP) is 4.80. The van der Waals surface area contributed by atoms with Gasteiger partial charge in [-0.2, -0.15) is 15.1 Å². The van der Waals surface area contributed by atoms with Gasteiger partial charge in [-0.1, -0.05) is 7.92 Å². The van der Waals surface area contributed by atoms with Crippen LogP contribution in [-0.4, -0.2) is 103 Å². The van der Waals surface area contributed by atoms with Crippen LogP contribution >= 0.6 is 7.92 Å². The van der Waals surface area contributed by atoms with Crippen LogP contribution < -0.4 is 35.2 Å². The normalized spacial score (nSPS) is 15.3. The summed E-state index contributed by atoms with van der Waals surface area (Å²) in [6, 6.07) is 10.5. The van der Waals surface area contributed by atoms with Gasteiger partial charge in [-0.25, -0.2) is 0 Å². The highest BCUT2D eigenvalue weighted by Gasteiger charge is 2.25. The zero-order chi connectivity index (χ0) is 31.9. The molecule has 0 atom stereocenters. The smallest absolute Gasteiger partial charge is 0.231 e. The van der Waals surface area contributed by atoms with E-state index in [1.807, 2.05) is 36.4 Å². The van der Waals surface area contributed by atoms with Crippen molar-refractivity contribution in [2.45, 2.75) is 0 Å². The first-order valence-corrected chi connectivity index (χ1v) is 17.7. The largest absolute Gasteiger partial charge is 0.494 e. The molecule has 46 heavy (non-hydrogen) atoms. The predicted molar refractivity (Wildman–Crippen MR) is 189 cm³/mol. The van der Waals surface area contributed by atoms with Crippen LogP contribution in [0.1, 0.15) is 0 Å². The SMILES string of the molecule is COc1cc(N2CCN(C)CC2)c(-c2cnn(C)c2)cc1Nc1nc(Nc2ccc3c(c2P(C)C)OCCN3C)c2cc[nH]c2n1. The Balaban J connectivity index is 1.28. The van der Waals surface area contributed by atoms with E-state index in [0.29, 0.717) is 24.1 Å². The van der Waals surface area contributed by atoms with Gasteiger partial charge in [0, 0.05) is 80.9 Å². The first kappa shape index (κ1) is 30.1. The van der Waals surface area contributed by atoms with Gasteiger partial charge in [0.25, 0.3) is 0 Å². The molecule has 0 amide bonds. The van der Waals surface area contributed by atoms with E-state index in [0.717, 1.165) is 83.4 Å². The second kappa shape index (κ2) is 12.3. The molecule has 1 fully saturated rings. The van der Waals surface area contributed by atoms with Gasteiger partial charge in [-0.05, 0) is 44.6 Å². The average Bonchev–Trinajstić information content (AvgIpc) is 3.70. The minimum absolute atomic E-state index is 0.450. The average molecular weight is 641 g/mol. The van der Waals surface area contributed by atoms with Crippen molar-refractivity contribution in [3.8, 4) is 22.6 Å². The summed E-state index contributed by atoms with van der Waals surface area (Å²) >= 11 is 0. The molecule has 13 heteroatoms. The number of aryl methyl sites for hydroxylation is 1. The number of H-pyrrole nitrogens is 1. The Kier molecular flexibility index (Phi) is 8.08. The van der Waals surface area contributed by atoms with Crippen LogP contribution in [0.3, 0.4) is 0 Å². The number of hydrogen-bond donors (Lipinski definition) is 3. The second-order valence-electron chi connectivity index (χ2n) is 12.1. The summed E-state index contributed by atoms with van der Waals surface area (Å²) in [5.41, 5.74) is 6.84. The molecule has 0 spiro atoms. The quantitative estimate of drug-likeness (QED) is 0.205. The molecule has 1 saturated heterocycles. The molecule has 5 aromatic rings. The number of benzene rings is 2. The fraction of sp³-hybridized carbons (Fsp3) is 0.364. The zero-order valence-electron chi connectivity index (χ0n) is 27.3. The minimum atomic E-state index is -0.479. The minimum Gasteiger partial charge on any atom is -0.494 e. The highest BCUT2D eigenvalue weighted by molar-refractivity contribution is 7.64. The van der Waals surface area contributed by atoms with Crippen molar-refractivity contribution >= 4 is 58.8 Å². The Hall–Kier alpha value is -4.54. The summed E-state index contributed by atoms with van der Waals surface area (Å²) in [5.74, 6) is 2.83. The molecule has 0 bridgehead atoms. The molecule has 2 aliphatic rings. The molecular formula is C33H41N10O2P. The summed E-state index contributed by atoms with van der Waals surface area (Å²) < 4.78 is 14.0. The number of likely N-dealkylation sites (N-methyl/N-ethyl adjacent to an activating group) is 2. The van der Waals surface area contributed by atoms with Gasteiger partial charge in [-0.15, -0.1) is 0 Å². The van der Waals surface area contributed by atoms with Crippen LogP contribution in [0.4, 0.5) is 34.5 Å². The fourth-order valence-corrected chi connectivity index (χ4v) is 7.43. The first-order valence-electron chi connectivity index (χ1n) is 15.5. The van der Waals surface area contributed by atoms with Crippen molar-refractivity contribution in [2.75, 3.05) is 94.3 Å². The van der Waals surface area contributed by atoms with Gasteiger partial charge < -0.3 is 39.8 Å². The highest BCUT2D eigenvalue weighted by Crippen LogP contribution is 2.43. The van der Waals surface area contributed by atoms with Crippen molar-refractivity contribution in [3.63, 3.8) is 0 Å². The maximum absolute atomic E-state index is 6.23. The van der Waals surface area contributed by atoms with Crippen LogP contribution in [0.5, 0.6) is 11.5 Å². The lowest BCUT2D eigenvalue weighted by atomic mass is 10.0. The number of hydrogen-bond acceptors (Lipinski definition) is 10. The summed E-state index contributed by atoms with van der Waals surface area (Å²) in [4.78, 5) is 20.2. The van der Waals surface area contributed by atoms with Crippen molar-refractivity contribution in [1.29, 1.82) is 0 Å². The maximum Gasteiger partial charge on any atom is 0.231 e. The number of methoxy groups -OCH3 is 1. The Morgan fingerprint density at radius 1 is 0.935 bits per heavy atom. The van der Waals surface area contributed by atoms with E-state index < -0.39 is 7.92 Å². The van der Waals surface area contributed by atoms with E-state index in [4.69, 9.17) is 19.4 Å². The van der Waals surface area contributed by atoms with Gasteiger partial charge in [0.2, 0.25) is 5.95 Å². The molecule has 0 saturated carbocycles. The van der Waals surface area contributed by atoms with Crippen LogP contribution in [0.25, 0.3) is 22.2 Å². The van der Waals surface area contributed by atoms with Crippen molar-refractivity contribution in [1.82, 2.24) is 29.6 Å². The summed E-state index contributed by atoms with van der Waals surface area (Å²) in [6.45, 7) is 9.93. The first-order chi connectivity index (χ1) is 22.3. The van der Waals surface area contributed by atoms with Crippen LogP contribution in [0.2, 0.25) is 0 Å². The number of nitrogens with one attached hydrogen (secondary N) is 3. The number of aromatic nitrogens is 5. The Morgan fingerprint density at radius 2 is 1.76 bits per heavy atom. The van der Waals surface area contributed by atoms with E-state index in [2.05, 4.69) is 87.1 Å². The highest BCUT2D eigenvalue weighted by atomic mass is 31.1. The second-order valence-corrected chi connectivity index (χ2v) is 14.4. The molecule has 0 radical (unpaired) electrons. The molecule has 5 heterocycles. The third kappa shape index (κ3) is 5.67. The summed E-state index contributed by atoms with van der Waals surface area (Å²) in [7, 11) is 7.44. The van der Waals surface area contributed by atoms with E-state index in [-0.39, 0.29) is 0 Å². The number of fused-ring (bicyclic) bond motifs is 2. The number of aromatic amines is 1. The molecule has 3 aromatic heterocycles. The third-order valence-corrected chi connectivity index (χ3v) is 10.1. The molecule has 240 valence electrons. The van der Waals surface area contributed by atoms with E-state index in [9.17, 15) is 0 Å². The lowest BCUT2D eigenvalue weighted by Gasteiger charge is -2.35. The molecule has 2 aromatic carbocycles. The zero-order valence-corrected chi connectivity index (χ0v) is 28.2. The van der Waals surface area contributed by atoms with Crippen molar-refractivity contribution in [3.05, 3.63) is 48.9 Å². The van der Waals surface area contributed by atoms with Gasteiger partial charge in [0.15, 0.2) is 5.75 Å². The number of anilines is 6. The van der Waals surface area contributed by atoms with Crippen LogP contribution in [0.15, 0.2) is 48.9 Å². The monoisotopic (exact) mass is 640 g/mol. The number of nitrogens with zero attached hydrogens (tertiary/aromatic N) is 7. The molecule has 2 aliphatic heterocycles. The molecule has 12 nitrogen and oxygen atoms in total. The fourth-order valence-electron chi connectivity index (χ4n) is 6.23. The van der Waals surface area contributed by atoms with Gasteiger partial charge >= 0.3 is 0 Å². The Morgan fingerprint density at radius 3 is 2.50 bits per heavy atom. The Bertz CT molecular complexity index is 1880. The summed E-state index contributed by atoms with van der Waals surface area (Å²) in [6.07, 6.45) is 5.84. The number of rotatable bonds is 8. The maximum atomic E-state index is 6.23. The van der Waals surface area contributed by atoms with E-state index in [1.54, 1.807) is 7.11 Å². The van der Waals surface area contributed by atoms with Crippen LogP contribution in [-0.2, 0) is 7.05 Å². The lowest BCUT2D eigenvalue weighted by Crippen LogP contribution is -2.44. The van der Waals surface area contributed by atoms with Crippen LogP contribution in [0, 0.1) is 0 Å². The number of ether oxygens (including phenoxy) is 2. The third-order valence-electron chi connectivity index (χ3n) is 8.74. The van der Waals surface area contributed by atoms with Gasteiger partial charge in [0.05, 0.1) is 42.3 Å². The molecule has 3 N–H and O–H groups in total. The molecule has 0 aliphatic carbocycles. The van der Waals surface area contributed by atoms with Gasteiger partial charge in [0.1, 0.15) is 23.8 Å². The molecular weight excluding hydrogens is 599 g/mol. The van der Waals surface area contributed by atoms with E-state index in [1.165, 1.54) is 5.30 Å². The number of piperazine rings is 1. The molecule has 0 unspecified atom stereocenters. The topological polar surface area (TPSA) is 112 Å². The van der Waals surface area contributed by atoms with Crippen molar-refractivity contribution < 1.29 is 9.47 Å². The summed E-state index contributed by atoms with van der Waals surface area (Å²) in [5, 5.41) is 13.7.